The summed E-state index contributed by atoms with van der Waals surface area (Å²) in [5.74, 6) is 0.364. The minimum absolute atomic E-state index is 0.136. The number of rotatable bonds is 2. The Hall–Kier alpha value is -2.47. The Kier molecular flexibility index (Phi) is 3.31. The van der Waals surface area contributed by atoms with E-state index in [-0.39, 0.29) is 22.4 Å². The predicted octanol–water partition coefficient (Wildman–Crippen LogP) is 2.30. The standard InChI is InChI=1S/C14H12ClN3O3/c1-21-10-6-7(5-9(15)11(10)19)12-17-13-8(14(20)18-12)3-2-4-16-13/h2-6,12,19H,1H3,(H,16,17)(H,18,20)/t12-/m1/s1. The van der Waals surface area contributed by atoms with Gasteiger partial charge >= 0.3 is 0 Å². The van der Waals surface area contributed by atoms with Gasteiger partial charge in [0.1, 0.15) is 12.0 Å². The topological polar surface area (TPSA) is 83.5 Å². The van der Waals surface area contributed by atoms with Crippen molar-refractivity contribution in [2.45, 2.75) is 6.17 Å². The van der Waals surface area contributed by atoms with Crippen molar-refractivity contribution in [3.05, 3.63) is 46.6 Å². The van der Waals surface area contributed by atoms with E-state index >= 15 is 0 Å². The molecule has 1 amide bonds. The van der Waals surface area contributed by atoms with E-state index in [1.807, 2.05) is 0 Å². The third-order valence-corrected chi connectivity index (χ3v) is 3.50. The SMILES string of the molecule is COc1cc([C@H]2NC(=O)c3cccnc3N2)cc(Cl)c1O. The molecule has 0 spiro atoms. The van der Waals surface area contributed by atoms with Crippen LogP contribution in [0.3, 0.4) is 0 Å². The molecule has 1 aliphatic heterocycles. The molecule has 108 valence electrons. The zero-order valence-electron chi connectivity index (χ0n) is 11.1. The predicted molar refractivity (Wildman–Crippen MR) is 77.7 cm³/mol. The molecule has 2 aromatic rings. The van der Waals surface area contributed by atoms with Crippen molar-refractivity contribution in [3.8, 4) is 11.5 Å². The fraction of sp³-hybridized carbons (Fsp3) is 0.143. The third-order valence-electron chi connectivity index (χ3n) is 3.21. The quantitative estimate of drug-likeness (QED) is 0.793. The van der Waals surface area contributed by atoms with Crippen LogP contribution in [0, 0.1) is 0 Å². The second kappa shape index (κ2) is 5.14. The van der Waals surface area contributed by atoms with Gasteiger partial charge in [0, 0.05) is 6.20 Å². The molecule has 1 atom stereocenters. The Labute approximate surface area is 125 Å². The second-order valence-electron chi connectivity index (χ2n) is 4.50. The van der Waals surface area contributed by atoms with Crippen LogP contribution in [0.2, 0.25) is 5.02 Å². The zero-order chi connectivity index (χ0) is 15.0. The average molecular weight is 306 g/mol. The number of fused-ring (bicyclic) bond motifs is 1. The van der Waals surface area contributed by atoms with Gasteiger partial charge in [-0.25, -0.2) is 4.98 Å². The van der Waals surface area contributed by atoms with Gasteiger partial charge in [-0.15, -0.1) is 0 Å². The summed E-state index contributed by atoms with van der Waals surface area (Å²) in [5.41, 5.74) is 1.13. The van der Waals surface area contributed by atoms with E-state index in [2.05, 4.69) is 15.6 Å². The summed E-state index contributed by atoms with van der Waals surface area (Å²) in [5, 5.41) is 15.8. The van der Waals surface area contributed by atoms with Gasteiger partial charge < -0.3 is 20.5 Å². The largest absolute Gasteiger partial charge is 0.503 e. The summed E-state index contributed by atoms with van der Waals surface area (Å²) in [6.45, 7) is 0. The number of hydrogen-bond donors (Lipinski definition) is 3. The fourth-order valence-corrected chi connectivity index (χ4v) is 2.39. The number of amides is 1. The molecule has 0 radical (unpaired) electrons. The van der Waals surface area contributed by atoms with Crippen LogP contribution >= 0.6 is 11.6 Å². The molecule has 0 fully saturated rings. The van der Waals surface area contributed by atoms with E-state index in [9.17, 15) is 9.90 Å². The number of phenolic OH excluding ortho intramolecular Hbond substituents is 1. The van der Waals surface area contributed by atoms with Gasteiger partial charge in [-0.3, -0.25) is 4.79 Å². The van der Waals surface area contributed by atoms with Crippen molar-refractivity contribution in [2.24, 2.45) is 0 Å². The number of hydrogen-bond acceptors (Lipinski definition) is 5. The van der Waals surface area contributed by atoms with E-state index in [0.717, 1.165) is 0 Å². The van der Waals surface area contributed by atoms with Crippen LogP contribution in [0.5, 0.6) is 11.5 Å². The van der Waals surface area contributed by atoms with Crippen molar-refractivity contribution < 1.29 is 14.6 Å². The monoisotopic (exact) mass is 305 g/mol. The molecule has 3 N–H and O–H groups in total. The van der Waals surface area contributed by atoms with E-state index < -0.39 is 6.17 Å². The van der Waals surface area contributed by atoms with Crippen molar-refractivity contribution in [3.63, 3.8) is 0 Å². The van der Waals surface area contributed by atoms with Crippen LogP contribution in [0.4, 0.5) is 5.82 Å². The first kappa shape index (κ1) is 13.5. The van der Waals surface area contributed by atoms with Gasteiger partial charge in [-0.1, -0.05) is 11.6 Å². The Morgan fingerprint density at radius 1 is 1.38 bits per heavy atom. The number of halogens is 1. The van der Waals surface area contributed by atoms with Crippen LogP contribution < -0.4 is 15.4 Å². The zero-order valence-corrected chi connectivity index (χ0v) is 11.8. The molecule has 7 heteroatoms. The summed E-state index contributed by atoms with van der Waals surface area (Å²) >= 11 is 5.97. The maximum absolute atomic E-state index is 12.1. The van der Waals surface area contributed by atoms with Gasteiger partial charge in [0.25, 0.3) is 5.91 Å². The van der Waals surface area contributed by atoms with E-state index in [1.165, 1.54) is 7.11 Å². The lowest BCUT2D eigenvalue weighted by molar-refractivity contribution is 0.0935. The molecular weight excluding hydrogens is 294 g/mol. The molecule has 0 bridgehead atoms. The molecule has 1 aromatic heterocycles. The normalized spacial score (nSPS) is 16.7. The number of carbonyl (C=O) groups excluding carboxylic acids is 1. The van der Waals surface area contributed by atoms with Crippen molar-refractivity contribution in [2.75, 3.05) is 12.4 Å². The first-order chi connectivity index (χ1) is 10.1. The summed E-state index contributed by atoms with van der Waals surface area (Å²) in [6.07, 6.45) is 1.10. The van der Waals surface area contributed by atoms with E-state index in [0.29, 0.717) is 16.9 Å². The third kappa shape index (κ3) is 2.34. The van der Waals surface area contributed by atoms with Gasteiger partial charge in [-0.05, 0) is 29.8 Å². The van der Waals surface area contributed by atoms with Crippen LogP contribution in [-0.4, -0.2) is 23.1 Å². The number of phenols is 1. The van der Waals surface area contributed by atoms with E-state index in [4.69, 9.17) is 16.3 Å². The number of anilines is 1. The van der Waals surface area contributed by atoms with Crippen LogP contribution in [-0.2, 0) is 0 Å². The Balaban J connectivity index is 2.00. The van der Waals surface area contributed by atoms with Crippen molar-refractivity contribution in [1.29, 1.82) is 0 Å². The lowest BCUT2D eigenvalue weighted by Crippen LogP contribution is -2.38. The van der Waals surface area contributed by atoms with Gasteiger partial charge in [0.05, 0.1) is 17.7 Å². The van der Waals surface area contributed by atoms with Crippen LogP contribution in [0.15, 0.2) is 30.5 Å². The molecule has 0 unspecified atom stereocenters. The molecule has 1 aliphatic rings. The lowest BCUT2D eigenvalue weighted by Gasteiger charge is -2.27. The number of nitrogens with zero attached hydrogens (tertiary/aromatic N) is 1. The highest BCUT2D eigenvalue weighted by atomic mass is 35.5. The maximum atomic E-state index is 12.1. The summed E-state index contributed by atoms with van der Waals surface area (Å²) in [7, 11) is 1.43. The molecule has 0 aliphatic carbocycles. The molecule has 2 heterocycles. The lowest BCUT2D eigenvalue weighted by atomic mass is 10.1. The number of ether oxygens (including phenoxy) is 1. The maximum Gasteiger partial charge on any atom is 0.256 e. The fourth-order valence-electron chi connectivity index (χ4n) is 2.17. The smallest absolute Gasteiger partial charge is 0.256 e. The van der Waals surface area contributed by atoms with E-state index in [1.54, 1.807) is 30.5 Å². The summed E-state index contributed by atoms with van der Waals surface area (Å²) in [6, 6.07) is 6.55. The first-order valence-corrected chi connectivity index (χ1v) is 6.56. The molecule has 6 nitrogen and oxygen atoms in total. The summed E-state index contributed by atoms with van der Waals surface area (Å²) in [4.78, 5) is 16.2. The number of methoxy groups -OCH3 is 1. The summed E-state index contributed by atoms with van der Waals surface area (Å²) < 4.78 is 5.06. The molecule has 0 saturated carbocycles. The number of carbonyl (C=O) groups is 1. The highest BCUT2D eigenvalue weighted by Crippen LogP contribution is 2.37. The number of nitrogens with one attached hydrogen (secondary N) is 2. The number of benzene rings is 1. The number of aromatic hydroxyl groups is 1. The highest BCUT2D eigenvalue weighted by Gasteiger charge is 2.26. The first-order valence-electron chi connectivity index (χ1n) is 6.19. The minimum atomic E-state index is -0.508. The van der Waals surface area contributed by atoms with Crippen molar-refractivity contribution >= 4 is 23.3 Å². The van der Waals surface area contributed by atoms with Gasteiger partial charge in [0.15, 0.2) is 11.5 Å². The van der Waals surface area contributed by atoms with Crippen LogP contribution in [0.25, 0.3) is 0 Å². The second-order valence-corrected chi connectivity index (χ2v) is 4.91. The van der Waals surface area contributed by atoms with Crippen LogP contribution in [0.1, 0.15) is 22.1 Å². The molecular formula is C14H12ClN3O3. The average Bonchev–Trinajstić information content (AvgIpc) is 2.50. The molecule has 21 heavy (non-hydrogen) atoms. The Morgan fingerprint density at radius 3 is 2.95 bits per heavy atom. The van der Waals surface area contributed by atoms with Gasteiger partial charge in [-0.2, -0.15) is 0 Å². The molecule has 0 saturated heterocycles. The minimum Gasteiger partial charge on any atom is -0.503 e. The molecule has 3 rings (SSSR count). The Morgan fingerprint density at radius 2 is 2.19 bits per heavy atom. The number of aromatic nitrogens is 1. The highest BCUT2D eigenvalue weighted by molar-refractivity contribution is 6.32. The van der Waals surface area contributed by atoms with Crippen molar-refractivity contribution in [1.82, 2.24) is 10.3 Å². The number of pyridine rings is 1. The molecule has 1 aromatic carbocycles. The van der Waals surface area contributed by atoms with Gasteiger partial charge in [0.2, 0.25) is 0 Å². The Bertz CT molecular complexity index is 721.